The Labute approximate surface area is 64.5 Å². The molecule has 0 amide bonds. The molecule has 1 fully saturated rings. The zero-order chi connectivity index (χ0) is 7.99. The first kappa shape index (κ1) is 8.28. The van der Waals surface area contributed by atoms with E-state index in [0.29, 0.717) is 5.92 Å². The summed E-state index contributed by atoms with van der Waals surface area (Å²) in [7, 11) is -1.44. The molecule has 1 N–H and O–H groups in total. The number of rotatable bonds is 2. The summed E-state index contributed by atoms with van der Waals surface area (Å²) in [6, 6.07) is 0. The Morgan fingerprint density at radius 1 is 1.40 bits per heavy atom. The summed E-state index contributed by atoms with van der Waals surface area (Å²) in [4.78, 5) is 0. The van der Waals surface area contributed by atoms with Crippen molar-refractivity contribution in [2.45, 2.75) is 37.7 Å². The molecule has 1 aliphatic carbocycles. The van der Waals surface area contributed by atoms with Crippen LogP contribution < -0.4 is 0 Å². The van der Waals surface area contributed by atoms with Gasteiger partial charge in [0.25, 0.3) is 0 Å². The van der Waals surface area contributed by atoms with Gasteiger partial charge >= 0.3 is 0 Å². The van der Waals surface area contributed by atoms with E-state index in [1.54, 1.807) is 0 Å². The molecule has 1 unspecified atom stereocenters. The maximum absolute atomic E-state index is 9.94. The molecule has 0 bridgehead atoms. The lowest BCUT2D eigenvalue weighted by molar-refractivity contribution is 0.139. The van der Waals surface area contributed by atoms with Crippen molar-refractivity contribution in [3.05, 3.63) is 6.92 Å². The fourth-order valence-electron chi connectivity index (χ4n) is 1.17. The number of hydrogen-bond donors (Lipinski definition) is 1. The molecule has 0 saturated heterocycles. The fraction of sp³-hybridized carbons (Fsp3) is 0.875. The van der Waals surface area contributed by atoms with Gasteiger partial charge in [0, 0.05) is 0 Å². The second kappa shape index (κ2) is 2.08. The van der Waals surface area contributed by atoms with Crippen LogP contribution in [0.3, 0.4) is 0 Å². The molecule has 1 saturated carbocycles. The highest BCUT2D eigenvalue weighted by Crippen LogP contribution is 2.43. The van der Waals surface area contributed by atoms with E-state index in [9.17, 15) is 5.11 Å². The molecule has 1 nitrogen and oxygen atoms in total. The molecule has 1 atom stereocenters. The lowest BCUT2D eigenvalue weighted by Gasteiger charge is -2.35. The Bertz CT molecular complexity index is 131. The zero-order valence-electron chi connectivity index (χ0n) is 7.15. The Balaban J connectivity index is 2.66. The first-order valence-corrected chi connectivity index (χ1v) is 7.43. The van der Waals surface area contributed by atoms with Crippen LogP contribution in [0.1, 0.15) is 12.8 Å². The molecular formula is C8H17OSi. The normalized spacial score (nSPS) is 26.1. The van der Waals surface area contributed by atoms with Crippen LogP contribution in [0, 0.1) is 12.8 Å². The van der Waals surface area contributed by atoms with E-state index in [0.717, 1.165) is 0 Å². The minimum atomic E-state index is -1.44. The largest absolute Gasteiger partial charge is 0.393 e. The van der Waals surface area contributed by atoms with Gasteiger partial charge in [-0.3, -0.25) is 0 Å². The van der Waals surface area contributed by atoms with E-state index in [1.807, 2.05) is 0 Å². The van der Waals surface area contributed by atoms with Gasteiger partial charge in [-0.25, -0.2) is 0 Å². The van der Waals surface area contributed by atoms with E-state index in [2.05, 4.69) is 26.6 Å². The van der Waals surface area contributed by atoms with E-state index in [1.165, 1.54) is 12.8 Å². The second-order valence-corrected chi connectivity index (χ2v) is 9.81. The van der Waals surface area contributed by atoms with E-state index in [4.69, 9.17) is 0 Å². The lowest BCUT2D eigenvalue weighted by atomic mass is 10.2. The maximum atomic E-state index is 9.94. The summed E-state index contributed by atoms with van der Waals surface area (Å²) in [5.74, 6) is 0.513. The van der Waals surface area contributed by atoms with Crippen LogP contribution in [-0.4, -0.2) is 18.4 Å². The van der Waals surface area contributed by atoms with Crippen LogP contribution in [-0.2, 0) is 0 Å². The quantitative estimate of drug-likeness (QED) is 0.606. The van der Waals surface area contributed by atoms with Gasteiger partial charge < -0.3 is 5.11 Å². The third-order valence-electron chi connectivity index (χ3n) is 2.55. The summed E-state index contributed by atoms with van der Waals surface area (Å²) in [5.41, 5.74) is 0. The second-order valence-electron chi connectivity index (χ2n) is 4.45. The standard InChI is InChI=1S/C8H17OSi/c1-8(9,7-5-6-7)10(2,3)4/h7,9H,1,5-6H2,2-4H3. The Hall–Kier alpha value is 0.177. The molecule has 0 aromatic rings. The first-order chi connectivity index (χ1) is 4.36. The smallest absolute Gasteiger partial charge is 0.0824 e. The van der Waals surface area contributed by atoms with Crippen LogP contribution in [0.25, 0.3) is 0 Å². The molecule has 1 rings (SSSR count). The van der Waals surface area contributed by atoms with Gasteiger partial charge in [0.1, 0.15) is 0 Å². The van der Waals surface area contributed by atoms with Crippen LogP contribution >= 0.6 is 0 Å². The van der Waals surface area contributed by atoms with Gasteiger partial charge in [0.2, 0.25) is 0 Å². The van der Waals surface area contributed by atoms with Crippen molar-refractivity contribution in [2.24, 2.45) is 5.92 Å². The first-order valence-electron chi connectivity index (χ1n) is 3.93. The highest BCUT2D eigenvalue weighted by atomic mass is 28.3. The fourth-order valence-corrected chi connectivity index (χ4v) is 2.69. The molecule has 0 aromatic heterocycles. The van der Waals surface area contributed by atoms with Crippen molar-refractivity contribution in [3.63, 3.8) is 0 Å². The van der Waals surface area contributed by atoms with Crippen molar-refractivity contribution in [3.8, 4) is 0 Å². The predicted octanol–water partition coefficient (Wildman–Crippen LogP) is 1.84. The van der Waals surface area contributed by atoms with Crippen LogP contribution in [0.2, 0.25) is 19.6 Å². The van der Waals surface area contributed by atoms with Gasteiger partial charge in [0.05, 0.1) is 13.3 Å². The molecule has 0 heterocycles. The summed E-state index contributed by atoms with van der Waals surface area (Å²) in [6.45, 7) is 10.5. The topological polar surface area (TPSA) is 20.2 Å². The van der Waals surface area contributed by atoms with Crippen molar-refractivity contribution in [2.75, 3.05) is 0 Å². The van der Waals surface area contributed by atoms with Crippen LogP contribution in [0.5, 0.6) is 0 Å². The monoisotopic (exact) mass is 157 g/mol. The van der Waals surface area contributed by atoms with E-state index >= 15 is 0 Å². The SMILES string of the molecule is [CH2]C(O)(C1CC1)[Si](C)(C)C. The molecule has 10 heavy (non-hydrogen) atoms. The van der Waals surface area contributed by atoms with Crippen molar-refractivity contribution < 1.29 is 5.11 Å². The van der Waals surface area contributed by atoms with Gasteiger partial charge in [-0.15, -0.1) is 0 Å². The summed E-state index contributed by atoms with van der Waals surface area (Å²) < 4.78 is 0. The van der Waals surface area contributed by atoms with Crippen LogP contribution in [0.15, 0.2) is 0 Å². The zero-order valence-corrected chi connectivity index (χ0v) is 8.15. The van der Waals surface area contributed by atoms with E-state index in [-0.39, 0.29) is 0 Å². The summed E-state index contributed by atoms with van der Waals surface area (Å²) in [6.07, 6.45) is 2.37. The molecule has 0 aromatic carbocycles. The molecule has 2 heteroatoms. The summed E-state index contributed by atoms with van der Waals surface area (Å²) in [5, 5.41) is 9.38. The average Bonchev–Trinajstić information content (AvgIpc) is 2.38. The van der Waals surface area contributed by atoms with Crippen molar-refractivity contribution in [1.29, 1.82) is 0 Å². The third kappa shape index (κ3) is 1.27. The van der Waals surface area contributed by atoms with Crippen molar-refractivity contribution in [1.82, 2.24) is 0 Å². The highest BCUT2D eigenvalue weighted by Gasteiger charge is 2.48. The molecule has 59 valence electrons. The minimum absolute atomic E-state index is 0.513. The number of hydrogen-bond acceptors (Lipinski definition) is 1. The van der Waals surface area contributed by atoms with Crippen LogP contribution in [0.4, 0.5) is 0 Å². The Kier molecular flexibility index (Phi) is 1.72. The molecule has 1 radical (unpaired) electrons. The van der Waals surface area contributed by atoms with Gasteiger partial charge in [-0.2, -0.15) is 0 Å². The Morgan fingerprint density at radius 2 is 1.80 bits per heavy atom. The Morgan fingerprint density at radius 3 is 1.90 bits per heavy atom. The lowest BCUT2D eigenvalue weighted by Crippen LogP contribution is -2.51. The van der Waals surface area contributed by atoms with Gasteiger partial charge in [0.15, 0.2) is 0 Å². The summed E-state index contributed by atoms with van der Waals surface area (Å²) >= 11 is 0. The minimum Gasteiger partial charge on any atom is -0.393 e. The maximum Gasteiger partial charge on any atom is 0.0824 e. The van der Waals surface area contributed by atoms with E-state index < -0.39 is 13.3 Å². The number of aliphatic hydroxyl groups is 1. The molecular weight excluding hydrogens is 140 g/mol. The molecule has 0 aliphatic heterocycles. The third-order valence-corrected chi connectivity index (χ3v) is 5.56. The molecule has 0 spiro atoms. The van der Waals surface area contributed by atoms with Crippen molar-refractivity contribution >= 4 is 8.07 Å². The highest BCUT2D eigenvalue weighted by molar-refractivity contribution is 6.79. The molecule has 1 aliphatic rings. The average molecular weight is 157 g/mol. The van der Waals surface area contributed by atoms with Gasteiger partial charge in [-0.05, 0) is 25.7 Å². The van der Waals surface area contributed by atoms with Gasteiger partial charge in [-0.1, -0.05) is 19.6 Å². The predicted molar refractivity (Wildman–Crippen MR) is 46.4 cm³/mol.